The van der Waals surface area contributed by atoms with E-state index in [2.05, 4.69) is 0 Å². The lowest BCUT2D eigenvalue weighted by molar-refractivity contribution is 0.0903. The van der Waals surface area contributed by atoms with Gasteiger partial charge in [-0.2, -0.15) is 21.0 Å². The summed E-state index contributed by atoms with van der Waals surface area (Å²) in [6, 6.07) is 7.74. The molecule has 2 bridgehead atoms. The fourth-order valence-corrected chi connectivity index (χ4v) is 2.86. The van der Waals surface area contributed by atoms with Gasteiger partial charge in [0.25, 0.3) is 0 Å². The maximum absolute atomic E-state index is 9.25. The van der Waals surface area contributed by atoms with Crippen molar-refractivity contribution in [2.24, 2.45) is 22.7 Å². The number of fused-ring (bicyclic) bond motifs is 2. The first kappa shape index (κ1) is 10.2. The van der Waals surface area contributed by atoms with Crippen molar-refractivity contribution in [1.29, 1.82) is 21.0 Å². The Kier molecular flexibility index (Phi) is 1.98. The molecule has 0 heterocycles. The van der Waals surface area contributed by atoms with E-state index >= 15 is 0 Å². The Morgan fingerprint density at radius 2 is 1.06 bits per heavy atom. The highest BCUT2D eigenvalue weighted by Crippen LogP contribution is 2.59. The summed E-state index contributed by atoms with van der Waals surface area (Å²) in [6.07, 6.45) is 5.03. The third-order valence-electron chi connectivity index (χ3n) is 3.80. The second kappa shape index (κ2) is 3.10. The third kappa shape index (κ3) is 0.809. The Hall–Kier alpha value is -2.30. The first-order valence-corrected chi connectivity index (χ1v) is 5.04. The summed E-state index contributed by atoms with van der Waals surface area (Å²) in [7, 11) is 0. The van der Waals surface area contributed by atoms with E-state index < -0.39 is 10.8 Å². The largest absolute Gasteiger partial charge is 0.196 e. The molecule has 4 heteroatoms. The highest BCUT2D eigenvalue weighted by molar-refractivity contribution is 5.43. The summed E-state index contributed by atoms with van der Waals surface area (Å²) in [6.45, 7) is 0. The Balaban J connectivity index is 2.75. The molecule has 0 radical (unpaired) electrons. The normalized spacial score (nSPS) is 31.8. The van der Waals surface area contributed by atoms with Crippen LogP contribution in [-0.4, -0.2) is 0 Å². The van der Waals surface area contributed by atoms with Gasteiger partial charge < -0.3 is 0 Å². The van der Waals surface area contributed by atoms with Gasteiger partial charge in [0.15, 0.2) is 10.8 Å². The van der Waals surface area contributed by atoms with E-state index in [0.29, 0.717) is 12.8 Å². The van der Waals surface area contributed by atoms with Crippen LogP contribution in [0.2, 0.25) is 0 Å². The molecule has 0 aromatic rings. The Labute approximate surface area is 93.6 Å². The van der Waals surface area contributed by atoms with Crippen LogP contribution >= 0.6 is 0 Å². The van der Waals surface area contributed by atoms with Crippen molar-refractivity contribution in [2.75, 3.05) is 0 Å². The number of nitrogens with zero attached hydrogens (tertiary/aromatic N) is 4. The van der Waals surface area contributed by atoms with Crippen molar-refractivity contribution in [3.63, 3.8) is 0 Å². The molecule has 0 saturated heterocycles. The number of nitriles is 4. The minimum Gasteiger partial charge on any atom is -0.196 e. The molecule has 2 atom stereocenters. The van der Waals surface area contributed by atoms with Crippen molar-refractivity contribution >= 4 is 0 Å². The molecular formula is C12H8N4. The molecule has 4 nitrogen and oxygen atoms in total. The molecule has 1 saturated carbocycles. The molecular weight excluding hydrogens is 200 g/mol. The molecule has 0 aromatic heterocycles. The Morgan fingerprint density at radius 1 is 0.750 bits per heavy atom. The molecule has 1 fully saturated rings. The average Bonchev–Trinajstić information content (AvgIpc) is 2.38. The molecule has 3 rings (SSSR count). The van der Waals surface area contributed by atoms with Crippen molar-refractivity contribution < 1.29 is 0 Å². The summed E-state index contributed by atoms with van der Waals surface area (Å²) in [5.41, 5.74) is -3.01. The lowest BCUT2D eigenvalue weighted by Gasteiger charge is -2.48. The van der Waals surface area contributed by atoms with Gasteiger partial charge in [0, 0.05) is 11.8 Å². The summed E-state index contributed by atoms with van der Waals surface area (Å²) in [5, 5.41) is 37.0. The van der Waals surface area contributed by atoms with Crippen LogP contribution in [0.25, 0.3) is 0 Å². The first-order valence-electron chi connectivity index (χ1n) is 5.04. The first-order chi connectivity index (χ1) is 7.70. The second-order valence-corrected chi connectivity index (χ2v) is 4.24. The van der Waals surface area contributed by atoms with Gasteiger partial charge in [-0.25, -0.2) is 0 Å². The maximum atomic E-state index is 9.25. The zero-order valence-electron chi connectivity index (χ0n) is 8.51. The fraction of sp³-hybridized carbons (Fsp3) is 0.500. The van der Waals surface area contributed by atoms with Gasteiger partial charge in [-0.05, 0) is 12.8 Å². The topological polar surface area (TPSA) is 95.2 Å². The van der Waals surface area contributed by atoms with Crippen LogP contribution in [0.3, 0.4) is 0 Å². The smallest absolute Gasteiger partial charge is 0.182 e. The maximum Gasteiger partial charge on any atom is 0.182 e. The lowest BCUT2D eigenvalue weighted by Crippen LogP contribution is -2.53. The Morgan fingerprint density at radius 3 is 1.25 bits per heavy atom. The van der Waals surface area contributed by atoms with E-state index in [-0.39, 0.29) is 11.8 Å². The third-order valence-corrected chi connectivity index (χ3v) is 3.80. The zero-order valence-corrected chi connectivity index (χ0v) is 8.51. The molecule has 0 aromatic carbocycles. The highest BCUT2D eigenvalue weighted by atomic mass is 14.6. The molecule has 76 valence electrons. The summed E-state index contributed by atoms with van der Waals surface area (Å²) in [4.78, 5) is 0. The van der Waals surface area contributed by atoms with E-state index in [1.165, 1.54) is 0 Å². The minimum absolute atomic E-state index is 0.299. The monoisotopic (exact) mass is 208 g/mol. The van der Waals surface area contributed by atoms with E-state index in [0.717, 1.165) is 0 Å². The van der Waals surface area contributed by atoms with Crippen LogP contribution in [-0.2, 0) is 0 Å². The summed E-state index contributed by atoms with van der Waals surface area (Å²) >= 11 is 0. The van der Waals surface area contributed by atoms with E-state index in [4.69, 9.17) is 0 Å². The predicted octanol–water partition coefficient (Wildman–Crippen LogP) is 1.65. The molecule has 0 N–H and O–H groups in total. The Bertz CT molecular complexity index is 441. The van der Waals surface area contributed by atoms with Crippen molar-refractivity contribution in [3.05, 3.63) is 12.2 Å². The quantitative estimate of drug-likeness (QED) is 0.565. The van der Waals surface area contributed by atoms with E-state index in [1.54, 1.807) is 0 Å². The zero-order chi connectivity index (χ0) is 11.8. The van der Waals surface area contributed by atoms with Crippen LogP contribution in [0.4, 0.5) is 0 Å². The van der Waals surface area contributed by atoms with E-state index in [1.807, 2.05) is 36.4 Å². The van der Waals surface area contributed by atoms with Crippen LogP contribution in [0.5, 0.6) is 0 Å². The van der Waals surface area contributed by atoms with Gasteiger partial charge >= 0.3 is 0 Å². The number of hydrogen-bond acceptors (Lipinski definition) is 4. The lowest BCUT2D eigenvalue weighted by atomic mass is 9.47. The van der Waals surface area contributed by atoms with Gasteiger partial charge in [0.2, 0.25) is 0 Å². The van der Waals surface area contributed by atoms with Gasteiger partial charge in [-0.15, -0.1) is 0 Å². The van der Waals surface area contributed by atoms with Gasteiger partial charge in [-0.1, -0.05) is 12.2 Å². The fourth-order valence-electron chi connectivity index (χ4n) is 2.86. The van der Waals surface area contributed by atoms with Crippen molar-refractivity contribution in [3.8, 4) is 24.3 Å². The van der Waals surface area contributed by atoms with Gasteiger partial charge in [0.1, 0.15) is 0 Å². The molecule has 0 unspecified atom stereocenters. The minimum atomic E-state index is -1.51. The van der Waals surface area contributed by atoms with Gasteiger partial charge in [-0.3, -0.25) is 0 Å². The number of allylic oxidation sites excluding steroid dienone is 2. The van der Waals surface area contributed by atoms with E-state index in [9.17, 15) is 21.0 Å². The molecule has 0 aliphatic heterocycles. The van der Waals surface area contributed by atoms with Crippen LogP contribution in [0.1, 0.15) is 12.8 Å². The van der Waals surface area contributed by atoms with Gasteiger partial charge in [0.05, 0.1) is 24.3 Å². The molecule has 0 amide bonds. The SMILES string of the molecule is N#CC1(C#N)[C@H]2C=C[C@@H](CC2)C1(C#N)C#N. The van der Waals surface area contributed by atoms with Crippen LogP contribution in [0, 0.1) is 68.0 Å². The average molecular weight is 208 g/mol. The molecule has 3 aliphatic rings. The number of hydrogen-bond donors (Lipinski definition) is 0. The predicted molar refractivity (Wildman–Crippen MR) is 52.7 cm³/mol. The molecule has 16 heavy (non-hydrogen) atoms. The molecule has 0 spiro atoms. The number of rotatable bonds is 0. The molecule has 3 aliphatic carbocycles. The summed E-state index contributed by atoms with van der Waals surface area (Å²) < 4.78 is 0. The van der Waals surface area contributed by atoms with Crippen LogP contribution < -0.4 is 0 Å². The standard InChI is InChI=1S/C12H8N4/c13-5-11(6-14)9-1-2-10(4-3-9)12(11,7-15)8-16/h1-2,9-10H,3-4H2/t9-,10-/m0/s1. The summed E-state index contributed by atoms with van der Waals surface area (Å²) in [5.74, 6) is -0.599. The van der Waals surface area contributed by atoms with Crippen LogP contribution in [0.15, 0.2) is 12.2 Å². The van der Waals surface area contributed by atoms with Crippen molar-refractivity contribution in [2.45, 2.75) is 12.8 Å². The second-order valence-electron chi connectivity index (χ2n) is 4.24. The van der Waals surface area contributed by atoms with Crippen molar-refractivity contribution in [1.82, 2.24) is 0 Å². The highest BCUT2D eigenvalue weighted by Gasteiger charge is 2.65.